The molecule has 3 nitrogen and oxygen atoms in total. The lowest BCUT2D eigenvalue weighted by molar-refractivity contribution is 0.660. The first-order valence-corrected chi connectivity index (χ1v) is 14.0. The summed E-state index contributed by atoms with van der Waals surface area (Å²) >= 11 is 0. The monoisotopic (exact) mass is 525 g/mol. The van der Waals surface area contributed by atoms with E-state index in [-0.39, 0.29) is 5.41 Å². The van der Waals surface area contributed by atoms with Crippen LogP contribution in [0.3, 0.4) is 0 Å². The predicted octanol–water partition coefficient (Wildman–Crippen LogP) is 9.22. The SMILES string of the molecule is C=C1c2cc(-c3nc(-c4ccccc4)nc(-c4ccccc4)n3)ccc2-c2cc3c(cc21)-c1ccccc1C3(C)C. The Bertz CT molecular complexity index is 1960. The average Bonchev–Trinajstić information content (AvgIpc) is 3.43. The van der Waals surface area contributed by atoms with Crippen LogP contribution in [0.2, 0.25) is 0 Å². The summed E-state index contributed by atoms with van der Waals surface area (Å²) in [6.07, 6.45) is 0. The summed E-state index contributed by atoms with van der Waals surface area (Å²) in [6.45, 7) is 9.22. The number of benzene rings is 5. The van der Waals surface area contributed by atoms with Gasteiger partial charge < -0.3 is 0 Å². The first-order chi connectivity index (χ1) is 20.0. The van der Waals surface area contributed by atoms with Crippen molar-refractivity contribution in [2.24, 2.45) is 0 Å². The lowest BCUT2D eigenvalue weighted by atomic mass is 9.81. The van der Waals surface area contributed by atoms with E-state index in [1.54, 1.807) is 0 Å². The highest BCUT2D eigenvalue weighted by Crippen LogP contribution is 2.54. The Balaban J connectivity index is 1.27. The fourth-order valence-corrected chi connectivity index (χ4v) is 6.47. The lowest BCUT2D eigenvalue weighted by Crippen LogP contribution is -2.14. The maximum Gasteiger partial charge on any atom is 0.164 e. The van der Waals surface area contributed by atoms with Gasteiger partial charge in [0.1, 0.15) is 0 Å². The van der Waals surface area contributed by atoms with Gasteiger partial charge in [0.15, 0.2) is 17.5 Å². The molecule has 0 bridgehead atoms. The molecule has 1 aromatic heterocycles. The van der Waals surface area contributed by atoms with Crippen molar-refractivity contribution < 1.29 is 0 Å². The van der Waals surface area contributed by atoms with E-state index in [1.165, 1.54) is 38.9 Å². The molecule has 194 valence electrons. The quantitative estimate of drug-likeness (QED) is 0.231. The maximum absolute atomic E-state index is 4.94. The fourth-order valence-electron chi connectivity index (χ4n) is 6.47. The highest BCUT2D eigenvalue weighted by molar-refractivity contribution is 6.03. The van der Waals surface area contributed by atoms with Crippen LogP contribution >= 0.6 is 0 Å². The van der Waals surface area contributed by atoms with Crippen LogP contribution in [0.4, 0.5) is 0 Å². The smallest absolute Gasteiger partial charge is 0.164 e. The van der Waals surface area contributed by atoms with Gasteiger partial charge in [-0.1, -0.05) is 117 Å². The zero-order valence-electron chi connectivity index (χ0n) is 23.0. The second-order valence-corrected chi connectivity index (χ2v) is 11.4. The minimum atomic E-state index is -0.0441. The molecule has 0 atom stereocenters. The molecular formula is C38H27N3. The van der Waals surface area contributed by atoms with Crippen LogP contribution in [-0.4, -0.2) is 15.0 Å². The summed E-state index contributed by atoms with van der Waals surface area (Å²) in [5.41, 5.74) is 14.1. The van der Waals surface area contributed by atoms with E-state index in [9.17, 15) is 0 Å². The first-order valence-electron chi connectivity index (χ1n) is 14.0. The van der Waals surface area contributed by atoms with Gasteiger partial charge in [0.25, 0.3) is 0 Å². The zero-order valence-corrected chi connectivity index (χ0v) is 23.0. The number of nitrogens with zero attached hydrogens (tertiary/aromatic N) is 3. The third-order valence-electron chi connectivity index (χ3n) is 8.64. The fraction of sp³-hybridized carbons (Fsp3) is 0.0789. The Morgan fingerprint density at radius 3 is 1.66 bits per heavy atom. The van der Waals surface area contributed by atoms with E-state index >= 15 is 0 Å². The van der Waals surface area contributed by atoms with Gasteiger partial charge in [0.2, 0.25) is 0 Å². The van der Waals surface area contributed by atoms with Crippen molar-refractivity contribution in [3.8, 4) is 56.4 Å². The van der Waals surface area contributed by atoms with Crippen LogP contribution in [0.25, 0.3) is 62.0 Å². The van der Waals surface area contributed by atoms with Gasteiger partial charge in [-0.15, -0.1) is 0 Å². The zero-order chi connectivity index (χ0) is 27.7. The van der Waals surface area contributed by atoms with Gasteiger partial charge in [-0.2, -0.15) is 0 Å². The van der Waals surface area contributed by atoms with Crippen LogP contribution in [-0.2, 0) is 5.41 Å². The molecule has 0 spiro atoms. The molecule has 0 unspecified atom stereocenters. The Morgan fingerprint density at radius 1 is 0.439 bits per heavy atom. The standard InChI is InChI=1S/C38H27N3/c1-23-29-20-26(37-40-35(24-12-6-4-7-13-24)39-36(41-37)25-14-8-5-9-15-25)18-19-27(29)31-22-34-32(21-30(23)31)28-16-10-11-17-33(28)38(34,2)3/h4-22H,1H2,2-3H3. The molecule has 2 aliphatic rings. The third-order valence-corrected chi connectivity index (χ3v) is 8.64. The van der Waals surface area contributed by atoms with Crippen molar-refractivity contribution in [1.29, 1.82) is 0 Å². The maximum atomic E-state index is 4.94. The molecule has 41 heavy (non-hydrogen) atoms. The van der Waals surface area contributed by atoms with Crippen LogP contribution in [0, 0.1) is 0 Å². The second-order valence-electron chi connectivity index (χ2n) is 11.4. The molecule has 0 saturated carbocycles. The van der Waals surface area contributed by atoms with Crippen molar-refractivity contribution >= 4 is 5.57 Å². The van der Waals surface area contributed by atoms with Gasteiger partial charge in [-0.05, 0) is 68.3 Å². The van der Waals surface area contributed by atoms with Gasteiger partial charge in [0.05, 0.1) is 0 Å². The molecule has 0 aliphatic heterocycles. The molecule has 3 heteroatoms. The van der Waals surface area contributed by atoms with Crippen molar-refractivity contribution in [2.75, 3.05) is 0 Å². The van der Waals surface area contributed by atoms with Gasteiger partial charge in [-0.3, -0.25) is 0 Å². The molecule has 0 radical (unpaired) electrons. The molecule has 0 amide bonds. The summed E-state index contributed by atoms with van der Waals surface area (Å²) in [7, 11) is 0. The summed E-state index contributed by atoms with van der Waals surface area (Å²) in [6, 6.07) is 40.2. The van der Waals surface area contributed by atoms with Crippen molar-refractivity contribution in [3.05, 3.63) is 144 Å². The second kappa shape index (κ2) is 8.67. The van der Waals surface area contributed by atoms with Gasteiger partial charge in [0, 0.05) is 22.1 Å². The van der Waals surface area contributed by atoms with Crippen molar-refractivity contribution in [3.63, 3.8) is 0 Å². The molecular weight excluding hydrogens is 498 g/mol. The van der Waals surface area contributed by atoms with E-state index in [0.29, 0.717) is 17.5 Å². The summed E-state index contributed by atoms with van der Waals surface area (Å²) in [4.78, 5) is 14.7. The highest BCUT2D eigenvalue weighted by Gasteiger charge is 2.37. The topological polar surface area (TPSA) is 38.7 Å². The number of hydrogen-bond acceptors (Lipinski definition) is 3. The van der Waals surface area contributed by atoms with E-state index in [1.807, 2.05) is 60.7 Å². The third kappa shape index (κ3) is 3.56. The molecule has 1 heterocycles. The molecule has 0 N–H and O–H groups in total. The van der Waals surface area contributed by atoms with E-state index in [0.717, 1.165) is 27.8 Å². The lowest BCUT2D eigenvalue weighted by Gasteiger charge is -2.22. The Hall–Kier alpha value is -5.15. The normalized spacial score (nSPS) is 13.9. The summed E-state index contributed by atoms with van der Waals surface area (Å²) in [5.74, 6) is 1.98. The number of aromatic nitrogens is 3. The van der Waals surface area contributed by atoms with Gasteiger partial charge >= 0.3 is 0 Å². The van der Waals surface area contributed by atoms with Crippen LogP contribution in [0.15, 0.2) is 122 Å². The molecule has 0 fully saturated rings. The predicted molar refractivity (Wildman–Crippen MR) is 167 cm³/mol. The molecule has 5 aromatic carbocycles. The minimum absolute atomic E-state index is 0.0441. The Labute approximate surface area is 239 Å². The van der Waals surface area contributed by atoms with Crippen LogP contribution < -0.4 is 0 Å². The van der Waals surface area contributed by atoms with E-state index in [2.05, 4.69) is 75.0 Å². The van der Waals surface area contributed by atoms with Crippen LogP contribution in [0.5, 0.6) is 0 Å². The van der Waals surface area contributed by atoms with Gasteiger partial charge in [-0.25, -0.2) is 15.0 Å². The van der Waals surface area contributed by atoms with E-state index < -0.39 is 0 Å². The Morgan fingerprint density at radius 2 is 1.00 bits per heavy atom. The average molecular weight is 526 g/mol. The Kier molecular flexibility index (Phi) is 5.02. The van der Waals surface area contributed by atoms with E-state index in [4.69, 9.17) is 15.0 Å². The molecule has 8 rings (SSSR count). The minimum Gasteiger partial charge on any atom is -0.208 e. The van der Waals surface area contributed by atoms with Crippen molar-refractivity contribution in [2.45, 2.75) is 19.3 Å². The number of hydrogen-bond donors (Lipinski definition) is 0. The first kappa shape index (κ1) is 23.7. The van der Waals surface area contributed by atoms with Crippen molar-refractivity contribution in [1.82, 2.24) is 15.0 Å². The molecule has 2 aliphatic carbocycles. The number of rotatable bonds is 3. The highest BCUT2D eigenvalue weighted by atomic mass is 15.0. The molecule has 0 saturated heterocycles. The largest absolute Gasteiger partial charge is 0.208 e. The summed E-state index contributed by atoms with van der Waals surface area (Å²) < 4.78 is 0. The number of fused-ring (bicyclic) bond motifs is 6. The summed E-state index contributed by atoms with van der Waals surface area (Å²) in [5, 5.41) is 0. The molecule has 6 aromatic rings. The van der Waals surface area contributed by atoms with Crippen LogP contribution in [0.1, 0.15) is 36.1 Å².